The van der Waals surface area contributed by atoms with Crippen LogP contribution >= 0.6 is 11.6 Å². The first kappa shape index (κ1) is 16.4. The third-order valence-electron chi connectivity index (χ3n) is 4.08. The molecular formula is C20H16ClN3O2. The summed E-state index contributed by atoms with van der Waals surface area (Å²) in [6.07, 6.45) is 3.72. The highest BCUT2D eigenvalue weighted by Gasteiger charge is 2.22. The summed E-state index contributed by atoms with van der Waals surface area (Å²) in [7, 11) is 0. The standard InChI is InChI=1S/C20H16ClN3O2/c21-15-5-3-13(4-6-15)10-19-24-17-11-16(7-8-18(17)26-19)23-20(25)14-2-1-9-22-12-14/h1-9,11-12,19,24H,10H2,(H,23,25)/t19-/m1/s1. The van der Waals surface area contributed by atoms with Crippen LogP contribution in [0.2, 0.25) is 5.02 Å². The molecule has 1 aliphatic heterocycles. The number of fused-ring (bicyclic) bond motifs is 1. The molecular weight excluding hydrogens is 350 g/mol. The second-order valence-electron chi connectivity index (χ2n) is 5.99. The lowest BCUT2D eigenvalue weighted by Gasteiger charge is -2.11. The Balaban J connectivity index is 1.43. The topological polar surface area (TPSA) is 63.2 Å². The van der Waals surface area contributed by atoms with Crippen molar-refractivity contribution in [2.24, 2.45) is 0 Å². The summed E-state index contributed by atoms with van der Waals surface area (Å²) in [4.78, 5) is 16.2. The van der Waals surface area contributed by atoms with Crippen LogP contribution in [0.5, 0.6) is 5.75 Å². The molecule has 0 spiro atoms. The number of hydrogen-bond donors (Lipinski definition) is 2. The molecule has 0 unspecified atom stereocenters. The maximum atomic E-state index is 12.2. The van der Waals surface area contributed by atoms with Crippen LogP contribution in [0.4, 0.5) is 11.4 Å². The quantitative estimate of drug-likeness (QED) is 0.721. The number of anilines is 2. The van der Waals surface area contributed by atoms with Crippen LogP contribution < -0.4 is 15.4 Å². The molecule has 2 N–H and O–H groups in total. The number of aromatic nitrogens is 1. The van der Waals surface area contributed by atoms with E-state index in [0.717, 1.165) is 17.0 Å². The Kier molecular flexibility index (Phi) is 4.46. The molecule has 0 bridgehead atoms. The van der Waals surface area contributed by atoms with E-state index in [4.69, 9.17) is 16.3 Å². The Labute approximate surface area is 156 Å². The third kappa shape index (κ3) is 3.63. The molecule has 1 aromatic heterocycles. The molecule has 1 amide bonds. The monoisotopic (exact) mass is 365 g/mol. The van der Waals surface area contributed by atoms with E-state index in [2.05, 4.69) is 15.6 Å². The largest absolute Gasteiger partial charge is 0.468 e. The van der Waals surface area contributed by atoms with Gasteiger partial charge in [0, 0.05) is 29.5 Å². The molecule has 3 aromatic rings. The van der Waals surface area contributed by atoms with Crippen molar-refractivity contribution in [1.82, 2.24) is 4.98 Å². The van der Waals surface area contributed by atoms with Crippen molar-refractivity contribution in [1.29, 1.82) is 0 Å². The van der Waals surface area contributed by atoms with Crippen molar-refractivity contribution in [3.8, 4) is 5.75 Å². The number of halogens is 1. The number of amides is 1. The minimum atomic E-state index is -0.199. The van der Waals surface area contributed by atoms with Gasteiger partial charge in [-0.15, -0.1) is 0 Å². The number of benzene rings is 2. The summed E-state index contributed by atoms with van der Waals surface area (Å²) in [6, 6.07) is 16.7. The average molecular weight is 366 g/mol. The lowest BCUT2D eigenvalue weighted by Crippen LogP contribution is -2.22. The fourth-order valence-electron chi connectivity index (χ4n) is 2.81. The Hall–Kier alpha value is -3.05. The Bertz CT molecular complexity index is 930. The minimum absolute atomic E-state index is 0.157. The van der Waals surface area contributed by atoms with E-state index in [9.17, 15) is 4.79 Å². The van der Waals surface area contributed by atoms with E-state index in [1.807, 2.05) is 42.5 Å². The highest BCUT2D eigenvalue weighted by molar-refractivity contribution is 6.30. The predicted octanol–water partition coefficient (Wildman–Crippen LogP) is 4.36. The van der Waals surface area contributed by atoms with E-state index in [0.29, 0.717) is 22.7 Å². The SMILES string of the molecule is O=C(Nc1ccc2c(c1)N[C@@H](Cc1ccc(Cl)cc1)O2)c1cccnc1. The van der Waals surface area contributed by atoms with E-state index in [-0.39, 0.29) is 12.1 Å². The van der Waals surface area contributed by atoms with Crippen LogP contribution in [0.1, 0.15) is 15.9 Å². The summed E-state index contributed by atoms with van der Waals surface area (Å²) in [6.45, 7) is 0. The zero-order valence-corrected chi connectivity index (χ0v) is 14.5. The molecule has 2 aromatic carbocycles. The van der Waals surface area contributed by atoms with Crippen LogP contribution in [0.25, 0.3) is 0 Å². The molecule has 0 saturated carbocycles. The molecule has 4 rings (SSSR count). The molecule has 2 heterocycles. The van der Waals surface area contributed by atoms with Crippen molar-refractivity contribution >= 4 is 28.9 Å². The fourth-order valence-corrected chi connectivity index (χ4v) is 2.93. The number of carbonyl (C=O) groups is 1. The summed E-state index contributed by atoms with van der Waals surface area (Å²) in [5.74, 6) is 0.568. The first-order valence-electron chi connectivity index (χ1n) is 8.20. The normalized spacial score (nSPS) is 14.9. The predicted molar refractivity (Wildman–Crippen MR) is 102 cm³/mol. The van der Waals surface area contributed by atoms with Gasteiger partial charge in [0.25, 0.3) is 5.91 Å². The first-order chi connectivity index (χ1) is 12.7. The fraction of sp³-hybridized carbons (Fsp3) is 0.100. The smallest absolute Gasteiger partial charge is 0.257 e. The highest BCUT2D eigenvalue weighted by atomic mass is 35.5. The van der Waals surface area contributed by atoms with Crippen LogP contribution in [0.15, 0.2) is 67.0 Å². The second-order valence-corrected chi connectivity index (χ2v) is 6.42. The van der Waals surface area contributed by atoms with Crippen LogP contribution in [0.3, 0.4) is 0 Å². The molecule has 130 valence electrons. The van der Waals surface area contributed by atoms with Gasteiger partial charge in [-0.1, -0.05) is 23.7 Å². The van der Waals surface area contributed by atoms with Gasteiger partial charge in [-0.05, 0) is 48.0 Å². The van der Waals surface area contributed by atoms with Crippen LogP contribution in [-0.2, 0) is 6.42 Å². The zero-order chi connectivity index (χ0) is 17.9. The van der Waals surface area contributed by atoms with Crippen molar-refractivity contribution < 1.29 is 9.53 Å². The number of nitrogens with zero attached hydrogens (tertiary/aromatic N) is 1. The van der Waals surface area contributed by atoms with E-state index in [1.54, 1.807) is 18.3 Å². The van der Waals surface area contributed by atoms with Gasteiger partial charge in [-0.25, -0.2) is 0 Å². The van der Waals surface area contributed by atoms with Crippen molar-refractivity contribution in [3.63, 3.8) is 0 Å². The average Bonchev–Trinajstić information content (AvgIpc) is 3.06. The number of pyridine rings is 1. The second kappa shape index (κ2) is 7.06. The molecule has 26 heavy (non-hydrogen) atoms. The maximum Gasteiger partial charge on any atom is 0.257 e. The maximum absolute atomic E-state index is 12.2. The summed E-state index contributed by atoms with van der Waals surface area (Å²) in [5.41, 5.74) is 3.19. The van der Waals surface area contributed by atoms with Crippen LogP contribution in [0, 0.1) is 0 Å². The number of ether oxygens (including phenoxy) is 1. The summed E-state index contributed by atoms with van der Waals surface area (Å²) >= 11 is 5.92. The Morgan fingerprint density at radius 2 is 2.04 bits per heavy atom. The number of hydrogen-bond acceptors (Lipinski definition) is 4. The Morgan fingerprint density at radius 1 is 1.19 bits per heavy atom. The molecule has 6 heteroatoms. The van der Waals surface area contributed by atoms with E-state index < -0.39 is 0 Å². The van der Waals surface area contributed by atoms with Gasteiger partial charge >= 0.3 is 0 Å². The van der Waals surface area contributed by atoms with Crippen LogP contribution in [-0.4, -0.2) is 17.1 Å². The van der Waals surface area contributed by atoms with E-state index in [1.165, 1.54) is 6.20 Å². The summed E-state index contributed by atoms with van der Waals surface area (Å²) in [5, 5.41) is 6.92. The van der Waals surface area contributed by atoms with Gasteiger partial charge in [0.1, 0.15) is 5.75 Å². The zero-order valence-electron chi connectivity index (χ0n) is 13.8. The highest BCUT2D eigenvalue weighted by Crippen LogP contribution is 2.35. The van der Waals surface area contributed by atoms with E-state index >= 15 is 0 Å². The van der Waals surface area contributed by atoms with Crippen molar-refractivity contribution in [3.05, 3.63) is 83.1 Å². The van der Waals surface area contributed by atoms with Gasteiger partial charge in [0.2, 0.25) is 0 Å². The lowest BCUT2D eigenvalue weighted by molar-refractivity contribution is 0.102. The van der Waals surface area contributed by atoms with Gasteiger partial charge in [0.05, 0.1) is 11.3 Å². The molecule has 1 aliphatic rings. The van der Waals surface area contributed by atoms with Gasteiger partial charge in [-0.2, -0.15) is 0 Å². The Morgan fingerprint density at radius 3 is 2.81 bits per heavy atom. The molecule has 0 aliphatic carbocycles. The molecule has 5 nitrogen and oxygen atoms in total. The number of carbonyl (C=O) groups excluding carboxylic acids is 1. The van der Waals surface area contributed by atoms with Gasteiger partial charge in [0.15, 0.2) is 6.23 Å². The molecule has 0 saturated heterocycles. The molecule has 0 radical (unpaired) electrons. The van der Waals surface area contributed by atoms with Gasteiger partial charge < -0.3 is 15.4 Å². The lowest BCUT2D eigenvalue weighted by atomic mass is 10.1. The molecule has 1 atom stereocenters. The number of nitrogens with one attached hydrogen (secondary N) is 2. The first-order valence-corrected chi connectivity index (χ1v) is 8.58. The van der Waals surface area contributed by atoms with Gasteiger partial charge in [-0.3, -0.25) is 9.78 Å². The third-order valence-corrected chi connectivity index (χ3v) is 4.33. The number of rotatable bonds is 4. The minimum Gasteiger partial charge on any atom is -0.468 e. The summed E-state index contributed by atoms with van der Waals surface area (Å²) < 4.78 is 5.92. The van der Waals surface area contributed by atoms with Crippen molar-refractivity contribution in [2.75, 3.05) is 10.6 Å². The molecule has 0 fully saturated rings. The van der Waals surface area contributed by atoms with Crippen molar-refractivity contribution in [2.45, 2.75) is 12.6 Å².